The first-order valence-electron chi connectivity index (χ1n) is 3.54. The fourth-order valence-electron chi connectivity index (χ4n) is 1.04. The van der Waals surface area contributed by atoms with Gasteiger partial charge in [-0.1, -0.05) is 0 Å². The van der Waals surface area contributed by atoms with Crippen LogP contribution in [0.25, 0.3) is 0 Å². The van der Waals surface area contributed by atoms with Crippen molar-refractivity contribution in [1.82, 2.24) is 0 Å². The van der Waals surface area contributed by atoms with E-state index >= 15 is 0 Å². The van der Waals surface area contributed by atoms with Crippen LogP contribution in [0.1, 0.15) is 11.1 Å². The highest BCUT2D eigenvalue weighted by Gasteiger charge is 2.06. The van der Waals surface area contributed by atoms with Crippen molar-refractivity contribution < 1.29 is 0 Å². The van der Waals surface area contributed by atoms with E-state index in [1.54, 1.807) is 12.1 Å². The molecular weight excluding hydrogens is 230 g/mol. The summed E-state index contributed by atoms with van der Waals surface area (Å²) in [6, 6.07) is 7.31. The van der Waals surface area contributed by atoms with E-state index in [1.165, 1.54) is 0 Å². The second-order valence-electron chi connectivity index (χ2n) is 2.48. The van der Waals surface area contributed by atoms with Gasteiger partial charge >= 0.3 is 0 Å². The Balaban J connectivity index is 3.33. The normalized spacial score (nSPS) is 8.85. The molecule has 0 amide bonds. The van der Waals surface area contributed by atoms with E-state index in [0.717, 1.165) is 0 Å². The lowest BCUT2D eigenvalue weighted by atomic mass is 10.1. The van der Waals surface area contributed by atoms with Gasteiger partial charge in [0, 0.05) is 10.2 Å². The van der Waals surface area contributed by atoms with Gasteiger partial charge < -0.3 is 5.73 Å². The lowest BCUT2D eigenvalue weighted by Gasteiger charge is -2.03. The molecule has 0 radical (unpaired) electrons. The minimum absolute atomic E-state index is 0.201. The van der Waals surface area contributed by atoms with Crippen LogP contribution in [0.4, 0.5) is 5.69 Å². The Hall–Kier alpha value is -1.52. The van der Waals surface area contributed by atoms with Crippen LogP contribution in [0.2, 0.25) is 0 Å². The van der Waals surface area contributed by atoms with E-state index in [9.17, 15) is 0 Å². The monoisotopic (exact) mass is 235 g/mol. The van der Waals surface area contributed by atoms with Crippen LogP contribution in [-0.4, -0.2) is 0 Å². The topological polar surface area (TPSA) is 73.6 Å². The van der Waals surface area contributed by atoms with E-state index in [-0.39, 0.29) is 6.42 Å². The first-order valence-corrected chi connectivity index (χ1v) is 4.33. The number of rotatable bonds is 1. The maximum absolute atomic E-state index is 8.79. The van der Waals surface area contributed by atoms with Gasteiger partial charge in [0.2, 0.25) is 0 Å². The average molecular weight is 236 g/mol. The first-order chi connectivity index (χ1) is 6.19. The highest BCUT2D eigenvalue weighted by molar-refractivity contribution is 9.10. The van der Waals surface area contributed by atoms with Crippen molar-refractivity contribution in [3.8, 4) is 12.1 Å². The number of nitrogens with zero attached hydrogens (tertiary/aromatic N) is 2. The molecule has 0 bridgehead atoms. The van der Waals surface area contributed by atoms with E-state index in [1.807, 2.05) is 12.1 Å². The predicted octanol–water partition coefficient (Wildman–Crippen LogP) is 1.97. The maximum atomic E-state index is 8.79. The van der Waals surface area contributed by atoms with Gasteiger partial charge in [-0.2, -0.15) is 10.5 Å². The molecule has 0 aliphatic heterocycles. The molecule has 3 nitrogen and oxygen atoms in total. The molecule has 0 atom stereocenters. The van der Waals surface area contributed by atoms with Crippen LogP contribution in [0.15, 0.2) is 16.6 Å². The van der Waals surface area contributed by atoms with Crippen LogP contribution in [0.5, 0.6) is 0 Å². The Kier molecular flexibility index (Phi) is 2.89. The maximum Gasteiger partial charge on any atom is 0.101 e. The Morgan fingerprint density at radius 1 is 1.38 bits per heavy atom. The second kappa shape index (κ2) is 3.93. The highest BCUT2D eigenvalue weighted by Crippen LogP contribution is 2.23. The van der Waals surface area contributed by atoms with Crippen LogP contribution in [-0.2, 0) is 6.42 Å². The summed E-state index contributed by atoms with van der Waals surface area (Å²) in [5, 5.41) is 17.3. The van der Waals surface area contributed by atoms with Crippen molar-refractivity contribution in [1.29, 1.82) is 10.5 Å². The van der Waals surface area contributed by atoms with Gasteiger partial charge in [0.05, 0.1) is 18.1 Å². The Bertz CT molecular complexity index is 412. The van der Waals surface area contributed by atoms with Crippen molar-refractivity contribution in [2.75, 3.05) is 5.73 Å². The van der Waals surface area contributed by atoms with E-state index in [0.29, 0.717) is 21.3 Å². The van der Waals surface area contributed by atoms with Gasteiger partial charge in [-0.05, 0) is 33.6 Å². The second-order valence-corrected chi connectivity index (χ2v) is 3.34. The van der Waals surface area contributed by atoms with Gasteiger partial charge in [0.1, 0.15) is 6.07 Å². The molecule has 0 aliphatic carbocycles. The number of nitriles is 2. The molecule has 0 aliphatic rings. The summed E-state index contributed by atoms with van der Waals surface area (Å²) in [7, 11) is 0. The smallest absolute Gasteiger partial charge is 0.101 e. The van der Waals surface area contributed by atoms with E-state index < -0.39 is 0 Å². The number of hydrogen-bond acceptors (Lipinski definition) is 3. The zero-order chi connectivity index (χ0) is 9.84. The predicted molar refractivity (Wildman–Crippen MR) is 52.6 cm³/mol. The van der Waals surface area contributed by atoms with Crippen LogP contribution < -0.4 is 5.73 Å². The summed E-state index contributed by atoms with van der Waals surface area (Å²) in [5.74, 6) is 0. The number of nitrogens with two attached hydrogens (primary N) is 1. The van der Waals surface area contributed by atoms with E-state index in [2.05, 4.69) is 15.9 Å². The third kappa shape index (κ3) is 1.99. The Morgan fingerprint density at radius 3 is 2.62 bits per heavy atom. The molecule has 4 heteroatoms. The number of halogens is 1. The fraction of sp³-hybridized carbons (Fsp3) is 0.111. The fourth-order valence-corrected chi connectivity index (χ4v) is 1.64. The van der Waals surface area contributed by atoms with Crippen LogP contribution >= 0.6 is 15.9 Å². The largest absolute Gasteiger partial charge is 0.399 e. The molecule has 0 heterocycles. The zero-order valence-corrected chi connectivity index (χ0v) is 8.30. The third-order valence-electron chi connectivity index (χ3n) is 1.58. The van der Waals surface area contributed by atoms with Gasteiger partial charge in [0.25, 0.3) is 0 Å². The number of nitrogen functional groups attached to an aromatic ring is 1. The summed E-state index contributed by atoms with van der Waals surface area (Å²) in [5.41, 5.74) is 7.26. The van der Waals surface area contributed by atoms with Crippen molar-refractivity contribution in [3.05, 3.63) is 27.7 Å². The molecule has 64 valence electrons. The minimum atomic E-state index is 0.201. The SMILES string of the molecule is N#CCc1cc(N)cc(Br)c1C#N. The molecule has 0 saturated heterocycles. The Labute approximate surface area is 84.5 Å². The molecule has 2 N–H and O–H groups in total. The average Bonchev–Trinajstić information content (AvgIpc) is 2.04. The molecule has 1 aromatic carbocycles. The lowest BCUT2D eigenvalue weighted by molar-refractivity contribution is 1.24. The summed E-state index contributed by atoms with van der Waals surface area (Å²) < 4.78 is 0.639. The Morgan fingerprint density at radius 2 is 2.08 bits per heavy atom. The van der Waals surface area contributed by atoms with Crippen molar-refractivity contribution in [2.24, 2.45) is 0 Å². The molecule has 0 spiro atoms. The quantitative estimate of drug-likeness (QED) is 0.757. The van der Waals surface area contributed by atoms with Gasteiger partial charge in [0.15, 0.2) is 0 Å². The number of hydrogen-bond donors (Lipinski definition) is 1. The zero-order valence-electron chi connectivity index (χ0n) is 6.71. The summed E-state index contributed by atoms with van der Waals surface area (Å²) in [4.78, 5) is 0. The minimum Gasteiger partial charge on any atom is -0.399 e. The highest BCUT2D eigenvalue weighted by atomic mass is 79.9. The molecule has 0 aromatic heterocycles. The number of benzene rings is 1. The summed E-state index contributed by atoms with van der Waals surface area (Å²) in [6.45, 7) is 0. The molecule has 13 heavy (non-hydrogen) atoms. The van der Waals surface area contributed by atoms with Crippen LogP contribution in [0, 0.1) is 22.7 Å². The van der Waals surface area contributed by atoms with Crippen molar-refractivity contribution in [3.63, 3.8) is 0 Å². The lowest BCUT2D eigenvalue weighted by Crippen LogP contribution is -1.94. The first kappa shape index (κ1) is 9.57. The summed E-state index contributed by atoms with van der Waals surface area (Å²) in [6.07, 6.45) is 0.201. The molecule has 0 unspecified atom stereocenters. The van der Waals surface area contributed by atoms with Crippen LogP contribution in [0.3, 0.4) is 0 Å². The molecular formula is C9H6BrN3. The molecule has 0 fully saturated rings. The van der Waals surface area contributed by atoms with E-state index in [4.69, 9.17) is 16.3 Å². The standard InChI is InChI=1S/C9H6BrN3/c10-9-4-7(13)3-6(1-2-11)8(9)5-12/h3-4H,1,13H2. The van der Waals surface area contributed by atoms with Gasteiger partial charge in [-0.15, -0.1) is 0 Å². The van der Waals surface area contributed by atoms with Gasteiger partial charge in [-0.3, -0.25) is 0 Å². The van der Waals surface area contributed by atoms with Crippen molar-refractivity contribution >= 4 is 21.6 Å². The molecule has 1 rings (SSSR count). The molecule has 0 saturated carbocycles. The summed E-state index contributed by atoms with van der Waals surface area (Å²) >= 11 is 3.22. The van der Waals surface area contributed by atoms with Crippen molar-refractivity contribution in [2.45, 2.75) is 6.42 Å². The number of anilines is 1. The van der Waals surface area contributed by atoms with Gasteiger partial charge in [-0.25, -0.2) is 0 Å². The third-order valence-corrected chi connectivity index (χ3v) is 2.20. The molecule has 1 aromatic rings.